The van der Waals surface area contributed by atoms with Crippen molar-refractivity contribution in [3.05, 3.63) is 21.3 Å². The Morgan fingerprint density at radius 2 is 2.47 bits per heavy atom. The molecule has 1 aromatic heterocycles. The molecule has 1 aliphatic heterocycles. The van der Waals surface area contributed by atoms with Crippen LogP contribution in [-0.2, 0) is 11.3 Å². The second-order valence-corrected chi connectivity index (χ2v) is 6.20. The van der Waals surface area contributed by atoms with Crippen molar-refractivity contribution in [2.75, 3.05) is 13.1 Å². The minimum Gasteiger partial charge on any atom is -0.351 e. The van der Waals surface area contributed by atoms with E-state index >= 15 is 0 Å². The molecule has 0 aromatic carbocycles. The molecule has 0 aliphatic carbocycles. The van der Waals surface area contributed by atoms with E-state index in [9.17, 15) is 4.79 Å². The molecule has 1 amide bonds. The quantitative estimate of drug-likeness (QED) is 0.884. The van der Waals surface area contributed by atoms with Crippen molar-refractivity contribution in [1.82, 2.24) is 10.6 Å². The van der Waals surface area contributed by atoms with Gasteiger partial charge in [-0.05, 0) is 44.0 Å². The van der Waals surface area contributed by atoms with Gasteiger partial charge in [-0.15, -0.1) is 11.3 Å². The molecule has 1 atom stereocenters. The normalized spacial score (nSPS) is 20.2. The Morgan fingerprint density at radius 3 is 3.12 bits per heavy atom. The molecular formula is C12H17ClN2OS. The van der Waals surface area contributed by atoms with Crippen LogP contribution in [0.2, 0.25) is 4.34 Å². The average molecular weight is 273 g/mol. The number of carbonyl (C=O) groups excluding carboxylic acids is 1. The lowest BCUT2D eigenvalue weighted by Crippen LogP contribution is -2.33. The summed E-state index contributed by atoms with van der Waals surface area (Å²) < 4.78 is 0.769. The number of piperidine rings is 1. The summed E-state index contributed by atoms with van der Waals surface area (Å²) in [5.41, 5.74) is 0. The van der Waals surface area contributed by atoms with E-state index in [1.54, 1.807) is 0 Å². The lowest BCUT2D eigenvalue weighted by Gasteiger charge is -2.21. The number of hydrogen-bond donors (Lipinski definition) is 2. The van der Waals surface area contributed by atoms with Crippen LogP contribution in [0.3, 0.4) is 0 Å². The van der Waals surface area contributed by atoms with E-state index in [2.05, 4.69) is 10.6 Å². The van der Waals surface area contributed by atoms with E-state index in [1.807, 2.05) is 12.1 Å². The van der Waals surface area contributed by atoms with E-state index in [4.69, 9.17) is 11.6 Å². The topological polar surface area (TPSA) is 41.1 Å². The van der Waals surface area contributed by atoms with Gasteiger partial charge in [0, 0.05) is 11.3 Å². The lowest BCUT2D eigenvalue weighted by atomic mass is 9.96. The van der Waals surface area contributed by atoms with Gasteiger partial charge in [-0.2, -0.15) is 0 Å². The van der Waals surface area contributed by atoms with E-state index in [-0.39, 0.29) is 5.91 Å². The Kier molecular flexibility index (Phi) is 4.83. The van der Waals surface area contributed by atoms with Crippen LogP contribution in [-0.4, -0.2) is 19.0 Å². The Bertz CT molecular complexity index is 374. The van der Waals surface area contributed by atoms with Gasteiger partial charge in [-0.1, -0.05) is 11.6 Å². The maximum atomic E-state index is 11.7. The monoisotopic (exact) mass is 272 g/mol. The molecule has 1 unspecified atom stereocenters. The SMILES string of the molecule is O=C(CC1CCCNC1)NCc1ccc(Cl)s1. The summed E-state index contributed by atoms with van der Waals surface area (Å²) in [6.07, 6.45) is 2.97. The number of rotatable bonds is 4. The second kappa shape index (κ2) is 6.38. The minimum absolute atomic E-state index is 0.142. The highest BCUT2D eigenvalue weighted by Gasteiger charge is 2.16. The number of nitrogens with one attached hydrogen (secondary N) is 2. The highest BCUT2D eigenvalue weighted by Crippen LogP contribution is 2.21. The first kappa shape index (κ1) is 12.9. The first-order valence-electron chi connectivity index (χ1n) is 5.95. The largest absolute Gasteiger partial charge is 0.351 e. The lowest BCUT2D eigenvalue weighted by molar-refractivity contribution is -0.122. The molecular weight excluding hydrogens is 256 g/mol. The predicted octanol–water partition coefficient (Wildman–Crippen LogP) is 2.41. The number of thiophene rings is 1. The fraction of sp³-hybridized carbons (Fsp3) is 0.583. The molecule has 0 bridgehead atoms. The summed E-state index contributed by atoms with van der Waals surface area (Å²) >= 11 is 7.34. The van der Waals surface area contributed by atoms with Gasteiger partial charge in [0.2, 0.25) is 5.91 Å². The first-order chi connectivity index (χ1) is 8.24. The van der Waals surface area contributed by atoms with Gasteiger partial charge < -0.3 is 10.6 Å². The standard InChI is InChI=1S/C12H17ClN2OS/c13-11-4-3-10(17-11)8-15-12(16)6-9-2-1-5-14-7-9/h3-4,9,14H,1-2,5-8H2,(H,15,16). The van der Waals surface area contributed by atoms with Gasteiger partial charge >= 0.3 is 0 Å². The fourth-order valence-electron chi connectivity index (χ4n) is 2.07. The van der Waals surface area contributed by atoms with Crippen LogP contribution in [0.5, 0.6) is 0 Å². The van der Waals surface area contributed by atoms with Crippen LogP contribution >= 0.6 is 22.9 Å². The number of carbonyl (C=O) groups is 1. The molecule has 1 saturated heterocycles. The van der Waals surface area contributed by atoms with Gasteiger partial charge in [0.25, 0.3) is 0 Å². The third-order valence-electron chi connectivity index (χ3n) is 2.96. The molecule has 2 rings (SSSR count). The van der Waals surface area contributed by atoms with Crippen molar-refractivity contribution in [3.63, 3.8) is 0 Å². The zero-order chi connectivity index (χ0) is 12.1. The summed E-state index contributed by atoms with van der Waals surface area (Å²) in [6.45, 7) is 2.65. The van der Waals surface area contributed by atoms with Gasteiger partial charge in [0.1, 0.15) is 0 Å². The van der Waals surface area contributed by atoms with Gasteiger partial charge in [-0.25, -0.2) is 0 Å². The highest BCUT2D eigenvalue weighted by atomic mass is 35.5. The molecule has 0 saturated carbocycles. The predicted molar refractivity (Wildman–Crippen MR) is 71.4 cm³/mol. The third kappa shape index (κ3) is 4.30. The van der Waals surface area contributed by atoms with Crippen LogP contribution in [0.1, 0.15) is 24.1 Å². The number of hydrogen-bond acceptors (Lipinski definition) is 3. The Labute approximate surface area is 111 Å². The maximum absolute atomic E-state index is 11.7. The molecule has 1 fully saturated rings. The van der Waals surface area contributed by atoms with Crippen molar-refractivity contribution in [1.29, 1.82) is 0 Å². The molecule has 94 valence electrons. The molecule has 2 N–H and O–H groups in total. The van der Waals surface area contributed by atoms with E-state index in [0.717, 1.165) is 28.7 Å². The van der Waals surface area contributed by atoms with Crippen molar-refractivity contribution >= 4 is 28.8 Å². The van der Waals surface area contributed by atoms with Crippen molar-refractivity contribution in [2.24, 2.45) is 5.92 Å². The molecule has 3 nitrogen and oxygen atoms in total. The van der Waals surface area contributed by atoms with Crippen LogP contribution in [0.15, 0.2) is 12.1 Å². The molecule has 0 spiro atoms. The van der Waals surface area contributed by atoms with Gasteiger partial charge in [-0.3, -0.25) is 4.79 Å². The highest BCUT2D eigenvalue weighted by molar-refractivity contribution is 7.16. The van der Waals surface area contributed by atoms with E-state index in [1.165, 1.54) is 17.8 Å². The van der Waals surface area contributed by atoms with Gasteiger partial charge in [0.15, 0.2) is 0 Å². The van der Waals surface area contributed by atoms with E-state index < -0.39 is 0 Å². The summed E-state index contributed by atoms with van der Waals surface area (Å²) in [5.74, 6) is 0.638. The summed E-state index contributed by atoms with van der Waals surface area (Å²) in [7, 11) is 0. The Balaban J connectivity index is 1.70. The zero-order valence-electron chi connectivity index (χ0n) is 9.67. The summed E-state index contributed by atoms with van der Waals surface area (Å²) in [5, 5.41) is 6.27. The van der Waals surface area contributed by atoms with Crippen molar-refractivity contribution in [3.8, 4) is 0 Å². The van der Waals surface area contributed by atoms with Crippen molar-refractivity contribution in [2.45, 2.75) is 25.8 Å². The summed E-state index contributed by atoms with van der Waals surface area (Å²) in [4.78, 5) is 12.8. The molecule has 1 aromatic rings. The fourth-order valence-corrected chi connectivity index (χ4v) is 3.09. The molecule has 5 heteroatoms. The smallest absolute Gasteiger partial charge is 0.220 e. The third-order valence-corrected chi connectivity index (χ3v) is 4.19. The molecule has 2 heterocycles. The van der Waals surface area contributed by atoms with Crippen LogP contribution in [0.25, 0.3) is 0 Å². The summed E-state index contributed by atoms with van der Waals surface area (Å²) in [6, 6.07) is 3.81. The van der Waals surface area contributed by atoms with E-state index in [0.29, 0.717) is 18.9 Å². The number of amides is 1. The second-order valence-electron chi connectivity index (χ2n) is 4.40. The van der Waals surface area contributed by atoms with Crippen molar-refractivity contribution < 1.29 is 4.79 Å². The maximum Gasteiger partial charge on any atom is 0.220 e. The zero-order valence-corrected chi connectivity index (χ0v) is 11.2. The minimum atomic E-state index is 0.142. The Morgan fingerprint density at radius 1 is 1.59 bits per heavy atom. The van der Waals surface area contributed by atoms with Crippen LogP contribution < -0.4 is 10.6 Å². The molecule has 1 aliphatic rings. The molecule has 0 radical (unpaired) electrons. The first-order valence-corrected chi connectivity index (χ1v) is 7.15. The number of halogens is 1. The average Bonchev–Trinajstić information content (AvgIpc) is 2.74. The molecule has 17 heavy (non-hydrogen) atoms. The van der Waals surface area contributed by atoms with Crippen LogP contribution in [0, 0.1) is 5.92 Å². The van der Waals surface area contributed by atoms with Crippen LogP contribution in [0.4, 0.5) is 0 Å². The Hall–Kier alpha value is -0.580. The van der Waals surface area contributed by atoms with Gasteiger partial charge in [0.05, 0.1) is 10.9 Å².